The number of nitrogens with two attached hydrogens (primary N) is 1. The lowest BCUT2D eigenvalue weighted by atomic mass is 9.59. The van der Waals surface area contributed by atoms with Crippen LogP contribution in [0.15, 0.2) is 12.4 Å². The van der Waals surface area contributed by atoms with E-state index in [9.17, 15) is 5.11 Å². The molecule has 1 fully saturated rings. The third kappa shape index (κ3) is 1.68. The van der Waals surface area contributed by atoms with E-state index in [0.717, 1.165) is 18.4 Å². The van der Waals surface area contributed by atoms with E-state index in [4.69, 9.17) is 5.73 Å². The summed E-state index contributed by atoms with van der Waals surface area (Å²) in [7, 11) is 1.86. The van der Waals surface area contributed by atoms with Crippen molar-refractivity contribution in [2.75, 3.05) is 6.54 Å². The fourth-order valence-electron chi connectivity index (χ4n) is 2.76. The Labute approximate surface area is 90.1 Å². The molecule has 0 amide bonds. The van der Waals surface area contributed by atoms with Crippen LogP contribution in [0.3, 0.4) is 0 Å². The van der Waals surface area contributed by atoms with Crippen LogP contribution in [0.4, 0.5) is 0 Å². The molecule has 2 rings (SSSR count). The monoisotopic (exact) mass is 209 g/mol. The summed E-state index contributed by atoms with van der Waals surface area (Å²) in [6.45, 7) is 2.75. The standard InChI is InChI=1S/C11H19N3O/c1-8-3-11(4-8,7-12)10(15)9-5-13-14(2)6-9/h5-6,8,10,15H,3-4,7,12H2,1-2H3/t8?,10-,11?/m1/s1. The Hall–Kier alpha value is -0.870. The third-order valence-corrected chi connectivity index (χ3v) is 3.54. The predicted molar refractivity (Wildman–Crippen MR) is 58.1 cm³/mol. The van der Waals surface area contributed by atoms with Crippen LogP contribution in [0.5, 0.6) is 0 Å². The minimum atomic E-state index is -0.465. The molecule has 1 aromatic heterocycles. The Morgan fingerprint density at radius 2 is 2.40 bits per heavy atom. The van der Waals surface area contributed by atoms with Crippen molar-refractivity contribution in [3.8, 4) is 0 Å². The summed E-state index contributed by atoms with van der Waals surface area (Å²) in [5.74, 6) is 0.680. The quantitative estimate of drug-likeness (QED) is 0.775. The van der Waals surface area contributed by atoms with E-state index in [2.05, 4.69) is 12.0 Å². The van der Waals surface area contributed by atoms with Crippen molar-refractivity contribution in [1.82, 2.24) is 9.78 Å². The van der Waals surface area contributed by atoms with Gasteiger partial charge in [0.1, 0.15) is 0 Å². The maximum Gasteiger partial charge on any atom is 0.0888 e. The molecule has 0 unspecified atom stereocenters. The van der Waals surface area contributed by atoms with Crippen LogP contribution >= 0.6 is 0 Å². The molecule has 4 heteroatoms. The Balaban J connectivity index is 2.16. The lowest BCUT2D eigenvalue weighted by Crippen LogP contribution is -2.46. The molecule has 4 nitrogen and oxygen atoms in total. The van der Waals surface area contributed by atoms with Gasteiger partial charge >= 0.3 is 0 Å². The molecule has 1 aliphatic rings. The average molecular weight is 209 g/mol. The number of aliphatic hydroxyl groups excluding tert-OH is 1. The van der Waals surface area contributed by atoms with E-state index >= 15 is 0 Å². The second kappa shape index (κ2) is 3.61. The molecule has 1 atom stereocenters. The number of aromatic nitrogens is 2. The van der Waals surface area contributed by atoms with Crippen molar-refractivity contribution in [3.63, 3.8) is 0 Å². The zero-order valence-corrected chi connectivity index (χ0v) is 9.35. The highest BCUT2D eigenvalue weighted by Gasteiger charge is 2.47. The summed E-state index contributed by atoms with van der Waals surface area (Å²) < 4.78 is 1.71. The van der Waals surface area contributed by atoms with Crippen molar-refractivity contribution in [2.24, 2.45) is 24.1 Å². The van der Waals surface area contributed by atoms with Gasteiger partial charge in [-0.15, -0.1) is 0 Å². The molecule has 1 aromatic rings. The van der Waals surface area contributed by atoms with Gasteiger partial charge in [-0.2, -0.15) is 5.10 Å². The molecular weight excluding hydrogens is 190 g/mol. The van der Waals surface area contributed by atoms with Gasteiger partial charge in [0.15, 0.2) is 0 Å². The highest BCUT2D eigenvalue weighted by atomic mass is 16.3. The molecule has 15 heavy (non-hydrogen) atoms. The predicted octanol–water partition coefficient (Wildman–Crippen LogP) is 0.828. The summed E-state index contributed by atoms with van der Waals surface area (Å²) in [4.78, 5) is 0. The van der Waals surface area contributed by atoms with E-state index in [-0.39, 0.29) is 5.41 Å². The zero-order chi connectivity index (χ0) is 11.1. The van der Waals surface area contributed by atoms with Crippen LogP contribution in [0.1, 0.15) is 31.4 Å². The van der Waals surface area contributed by atoms with E-state index < -0.39 is 6.10 Å². The number of aliphatic hydroxyl groups is 1. The number of rotatable bonds is 3. The first-order valence-corrected chi connectivity index (χ1v) is 5.44. The Morgan fingerprint density at radius 1 is 1.73 bits per heavy atom. The van der Waals surface area contributed by atoms with Crippen LogP contribution in [0.25, 0.3) is 0 Å². The SMILES string of the molecule is CC1CC(CN)([C@H](O)c2cnn(C)c2)C1. The Morgan fingerprint density at radius 3 is 2.80 bits per heavy atom. The van der Waals surface area contributed by atoms with Gasteiger partial charge in [0.2, 0.25) is 0 Å². The topological polar surface area (TPSA) is 64.1 Å². The van der Waals surface area contributed by atoms with Gasteiger partial charge in [-0.1, -0.05) is 6.92 Å². The second-order valence-corrected chi connectivity index (χ2v) is 4.93. The molecule has 84 valence electrons. The van der Waals surface area contributed by atoms with Crippen molar-refractivity contribution in [2.45, 2.75) is 25.9 Å². The molecule has 0 radical (unpaired) electrons. The van der Waals surface area contributed by atoms with Crippen molar-refractivity contribution in [3.05, 3.63) is 18.0 Å². The number of hydrogen-bond acceptors (Lipinski definition) is 3. The molecular formula is C11H19N3O. The first-order chi connectivity index (χ1) is 7.07. The maximum absolute atomic E-state index is 10.3. The summed E-state index contributed by atoms with van der Waals surface area (Å²) in [6, 6.07) is 0. The zero-order valence-electron chi connectivity index (χ0n) is 9.35. The minimum Gasteiger partial charge on any atom is -0.388 e. The van der Waals surface area contributed by atoms with Gasteiger partial charge in [0, 0.05) is 30.8 Å². The highest BCUT2D eigenvalue weighted by molar-refractivity contribution is 5.15. The average Bonchev–Trinajstić information content (AvgIpc) is 2.58. The largest absolute Gasteiger partial charge is 0.388 e. The van der Waals surface area contributed by atoms with Crippen molar-refractivity contribution < 1.29 is 5.11 Å². The van der Waals surface area contributed by atoms with Gasteiger partial charge in [0.25, 0.3) is 0 Å². The van der Waals surface area contributed by atoms with Gasteiger partial charge in [-0.3, -0.25) is 4.68 Å². The fourth-order valence-corrected chi connectivity index (χ4v) is 2.76. The van der Waals surface area contributed by atoms with E-state index in [0.29, 0.717) is 12.5 Å². The Bertz CT molecular complexity index is 341. The lowest BCUT2D eigenvalue weighted by Gasteiger charge is -2.48. The minimum absolute atomic E-state index is 0.109. The van der Waals surface area contributed by atoms with Crippen LogP contribution in [0.2, 0.25) is 0 Å². The molecule has 1 saturated carbocycles. The molecule has 3 N–H and O–H groups in total. The van der Waals surface area contributed by atoms with Crippen LogP contribution in [-0.4, -0.2) is 21.4 Å². The number of hydrogen-bond donors (Lipinski definition) is 2. The van der Waals surface area contributed by atoms with Crippen LogP contribution in [0, 0.1) is 11.3 Å². The summed E-state index contributed by atoms with van der Waals surface area (Å²) in [5, 5.41) is 14.4. The van der Waals surface area contributed by atoms with Gasteiger partial charge in [0.05, 0.1) is 12.3 Å². The van der Waals surface area contributed by atoms with Crippen molar-refractivity contribution in [1.29, 1.82) is 0 Å². The lowest BCUT2D eigenvalue weighted by molar-refractivity contribution is -0.0602. The van der Waals surface area contributed by atoms with E-state index in [1.807, 2.05) is 13.2 Å². The smallest absolute Gasteiger partial charge is 0.0888 e. The normalized spacial score (nSPS) is 32.4. The number of nitrogens with zero attached hydrogens (tertiary/aromatic N) is 2. The second-order valence-electron chi connectivity index (χ2n) is 4.93. The first kappa shape index (κ1) is 10.6. The maximum atomic E-state index is 10.3. The first-order valence-electron chi connectivity index (χ1n) is 5.44. The highest BCUT2D eigenvalue weighted by Crippen LogP contribution is 2.52. The molecule has 0 bridgehead atoms. The fraction of sp³-hybridized carbons (Fsp3) is 0.727. The van der Waals surface area contributed by atoms with Crippen LogP contribution < -0.4 is 5.73 Å². The summed E-state index contributed by atoms with van der Waals surface area (Å²) >= 11 is 0. The molecule has 0 aliphatic heterocycles. The molecule has 0 aromatic carbocycles. The van der Waals surface area contributed by atoms with Crippen molar-refractivity contribution >= 4 is 0 Å². The van der Waals surface area contributed by atoms with E-state index in [1.165, 1.54) is 0 Å². The Kier molecular flexibility index (Phi) is 2.56. The summed E-state index contributed by atoms with van der Waals surface area (Å²) in [6.07, 6.45) is 5.15. The molecule has 1 aliphatic carbocycles. The molecule has 0 spiro atoms. The van der Waals surface area contributed by atoms with Gasteiger partial charge < -0.3 is 10.8 Å². The summed E-state index contributed by atoms with van der Waals surface area (Å²) in [5.41, 5.74) is 6.56. The van der Waals surface area contributed by atoms with Gasteiger partial charge in [-0.25, -0.2) is 0 Å². The molecule has 1 heterocycles. The number of aryl methyl sites for hydroxylation is 1. The van der Waals surface area contributed by atoms with E-state index in [1.54, 1.807) is 10.9 Å². The van der Waals surface area contributed by atoms with Crippen LogP contribution in [-0.2, 0) is 7.05 Å². The molecule has 0 saturated heterocycles. The third-order valence-electron chi connectivity index (χ3n) is 3.54. The van der Waals surface area contributed by atoms with Gasteiger partial charge in [-0.05, 0) is 18.8 Å².